The molecule has 3 nitrogen and oxygen atoms in total. The van der Waals surface area contributed by atoms with Crippen LogP contribution >= 0.6 is 0 Å². The number of nitrogens with zero attached hydrogens (tertiary/aromatic N) is 1. The minimum atomic E-state index is -0.404. The molecular formula is C14H22N2O. The molecule has 94 valence electrons. The Morgan fingerprint density at radius 3 is 2.35 bits per heavy atom. The van der Waals surface area contributed by atoms with Gasteiger partial charge in [-0.1, -0.05) is 44.2 Å². The lowest BCUT2D eigenvalue weighted by atomic mass is 10.0. The van der Waals surface area contributed by atoms with Gasteiger partial charge in [0.1, 0.15) is 0 Å². The Balaban J connectivity index is 2.69. The fraction of sp³-hybridized carbons (Fsp3) is 0.500. The molecular weight excluding hydrogens is 212 g/mol. The van der Waals surface area contributed by atoms with Crippen molar-refractivity contribution in [2.24, 2.45) is 11.7 Å². The second-order valence-corrected chi connectivity index (χ2v) is 4.61. The molecule has 0 heterocycles. The van der Waals surface area contributed by atoms with Crippen molar-refractivity contribution in [3.8, 4) is 0 Å². The maximum atomic E-state index is 12.1. The number of likely N-dealkylation sites (N-methyl/N-ethyl adjacent to an activating group) is 1. The summed E-state index contributed by atoms with van der Waals surface area (Å²) < 4.78 is 0. The van der Waals surface area contributed by atoms with Crippen LogP contribution in [-0.4, -0.2) is 23.4 Å². The number of nitrogens with two attached hydrogens (primary N) is 1. The lowest BCUT2D eigenvalue weighted by Crippen LogP contribution is -2.46. The van der Waals surface area contributed by atoms with Gasteiger partial charge in [0.25, 0.3) is 0 Å². The highest BCUT2D eigenvalue weighted by Crippen LogP contribution is 2.08. The summed E-state index contributed by atoms with van der Waals surface area (Å²) in [6.45, 7) is 7.25. The number of amides is 1. The van der Waals surface area contributed by atoms with Gasteiger partial charge in [0.05, 0.1) is 6.04 Å². The third kappa shape index (κ3) is 3.86. The summed E-state index contributed by atoms with van der Waals surface area (Å²) in [5, 5.41) is 0. The van der Waals surface area contributed by atoms with Crippen LogP contribution in [0.2, 0.25) is 0 Å². The van der Waals surface area contributed by atoms with Crippen LogP contribution in [0, 0.1) is 5.92 Å². The molecule has 0 radical (unpaired) electrons. The van der Waals surface area contributed by atoms with E-state index in [-0.39, 0.29) is 11.8 Å². The first-order chi connectivity index (χ1) is 8.06. The van der Waals surface area contributed by atoms with Gasteiger partial charge in [0, 0.05) is 13.1 Å². The quantitative estimate of drug-likeness (QED) is 0.847. The van der Waals surface area contributed by atoms with Crippen molar-refractivity contribution in [1.29, 1.82) is 0 Å². The van der Waals surface area contributed by atoms with Crippen LogP contribution in [0.25, 0.3) is 0 Å². The number of hydrogen-bond acceptors (Lipinski definition) is 2. The predicted molar refractivity (Wildman–Crippen MR) is 70.3 cm³/mol. The average molecular weight is 234 g/mol. The zero-order chi connectivity index (χ0) is 12.8. The first-order valence-corrected chi connectivity index (χ1v) is 6.14. The number of carbonyl (C=O) groups is 1. The second-order valence-electron chi connectivity index (χ2n) is 4.61. The summed E-state index contributed by atoms with van der Waals surface area (Å²) in [5.41, 5.74) is 7.04. The summed E-state index contributed by atoms with van der Waals surface area (Å²) in [6.07, 6.45) is 0. The van der Waals surface area contributed by atoms with E-state index in [2.05, 4.69) is 0 Å². The van der Waals surface area contributed by atoms with E-state index in [0.717, 1.165) is 5.56 Å². The standard InChI is InChI=1S/C14H22N2O/c1-4-16(14(17)13(15)11(2)3)10-12-8-6-5-7-9-12/h5-9,11,13H,4,10,15H2,1-3H3/t13-/m0/s1. The van der Waals surface area contributed by atoms with Crippen LogP contribution in [0.3, 0.4) is 0 Å². The fourth-order valence-corrected chi connectivity index (χ4v) is 1.65. The Bertz CT molecular complexity index is 348. The molecule has 17 heavy (non-hydrogen) atoms. The van der Waals surface area contributed by atoms with E-state index in [1.54, 1.807) is 4.90 Å². The lowest BCUT2D eigenvalue weighted by molar-refractivity contribution is -0.134. The molecule has 1 aromatic carbocycles. The third-order valence-corrected chi connectivity index (χ3v) is 2.91. The van der Waals surface area contributed by atoms with Crippen molar-refractivity contribution in [2.45, 2.75) is 33.4 Å². The zero-order valence-electron chi connectivity index (χ0n) is 10.9. The van der Waals surface area contributed by atoms with Gasteiger partial charge >= 0.3 is 0 Å². The Morgan fingerprint density at radius 2 is 1.88 bits per heavy atom. The Morgan fingerprint density at radius 1 is 1.29 bits per heavy atom. The monoisotopic (exact) mass is 234 g/mol. The largest absolute Gasteiger partial charge is 0.337 e. The fourth-order valence-electron chi connectivity index (χ4n) is 1.65. The summed E-state index contributed by atoms with van der Waals surface area (Å²) in [5.74, 6) is 0.207. The van der Waals surface area contributed by atoms with Gasteiger partial charge in [-0.05, 0) is 18.4 Å². The summed E-state index contributed by atoms with van der Waals surface area (Å²) in [7, 11) is 0. The highest BCUT2D eigenvalue weighted by Gasteiger charge is 2.22. The van der Waals surface area contributed by atoms with E-state index in [9.17, 15) is 4.79 Å². The predicted octanol–water partition coefficient (Wildman–Crippen LogP) is 2.02. The van der Waals surface area contributed by atoms with Crippen LogP contribution in [0.15, 0.2) is 30.3 Å². The molecule has 2 N–H and O–H groups in total. The Hall–Kier alpha value is -1.35. The van der Waals surface area contributed by atoms with Crippen molar-refractivity contribution < 1.29 is 4.79 Å². The van der Waals surface area contributed by atoms with Gasteiger partial charge in [-0.3, -0.25) is 4.79 Å². The highest BCUT2D eigenvalue weighted by atomic mass is 16.2. The maximum absolute atomic E-state index is 12.1. The summed E-state index contributed by atoms with van der Waals surface area (Å²) in [6, 6.07) is 9.58. The van der Waals surface area contributed by atoms with E-state index < -0.39 is 6.04 Å². The van der Waals surface area contributed by atoms with Crippen molar-refractivity contribution in [2.75, 3.05) is 6.54 Å². The minimum Gasteiger partial charge on any atom is -0.337 e. The first-order valence-electron chi connectivity index (χ1n) is 6.14. The van der Waals surface area contributed by atoms with Crippen LogP contribution in [0.5, 0.6) is 0 Å². The molecule has 3 heteroatoms. The number of carbonyl (C=O) groups excluding carboxylic acids is 1. The number of hydrogen-bond donors (Lipinski definition) is 1. The lowest BCUT2D eigenvalue weighted by Gasteiger charge is -2.26. The minimum absolute atomic E-state index is 0.0337. The Labute approximate surface area is 104 Å². The van der Waals surface area contributed by atoms with Crippen LogP contribution < -0.4 is 5.73 Å². The first kappa shape index (κ1) is 13.7. The summed E-state index contributed by atoms with van der Waals surface area (Å²) in [4.78, 5) is 13.9. The molecule has 0 fully saturated rings. The summed E-state index contributed by atoms with van der Waals surface area (Å²) >= 11 is 0. The van der Waals surface area contributed by atoms with Gasteiger partial charge in [-0.25, -0.2) is 0 Å². The molecule has 1 aromatic rings. The zero-order valence-corrected chi connectivity index (χ0v) is 10.9. The molecule has 0 aromatic heterocycles. The molecule has 0 unspecified atom stereocenters. The van der Waals surface area contributed by atoms with Gasteiger partial charge in [0.2, 0.25) is 5.91 Å². The Kier molecular flexibility index (Phi) is 5.16. The van der Waals surface area contributed by atoms with Gasteiger partial charge in [-0.2, -0.15) is 0 Å². The van der Waals surface area contributed by atoms with E-state index in [1.165, 1.54) is 0 Å². The molecule has 1 rings (SSSR count). The molecule has 0 aliphatic carbocycles. The molecule has 1 amide bonds. The number of rotatable bonds is 5. The third-order valence-electron chi connectivity index (χ3n) is 2.91. The van der Waals surface area contributed by atoms with Gasteiger partial charge < -0.3 is 10.6 Å². The topological polar surface area (TPSA) is 46.3 Å². The smallest absolute Gasteiger partial charge is 0.240 e. The molecule has 0 bridgehead atoms. The number of benzene rings is 1. The van der Waals surface area contributed by atoms with Crippen LogP contribution in [0.1, 0.15) is 26.3 Å². The van der Waals surface area contributed by atoms with Gasteiger partial charge in [-0.15, -0.1) is 0 Å². The van der Waals surface area contributed by atoms with E-state index in [1.807, 2.05) is 51.1 Å². The van der Waals surface area contributed by atoms with Gasteiger partial charge in [0.15, 0.2) is 0 Å². The molecule has 1 atom stereocenters. The van der Waals surface area contributed by atoms with Crippen LogP contribution in [0.4, 0.5) is 0 Å². The van der Waals surface area contributed by atoms with Crippen molar-refractivity contribution in [3.63, 3.8) is 0 Å². The van der Waals surface area contributed by atoms with E-state index in [0.29, 0.717) is 13.1 Å². The van der Waals surface area contributed by atoms with E-state index in [4.69, 9.17) is 5.73 Å². The molecule has 0 aliphatic heterocycles. The van der Waals surface area contributed by atoms with Crippen molar-refractivity contribution in [3.05, 3.63) is 35.9 Å². The maximum Gasteiger partial charge on any atom is 0.240 e. The normalized spacial score (nSPS) is 12.5. The molecule has 0 aliphatic rings. The van der Waals surface area contributed by atoms with Crippen molar-refractivity contribution >= 4 is 5.91 Å². The molecule has 0 saturated carbocycles. The van der Waals surface area contributed by atoms with Crippen molar-refractivity contribution in [1.82, 2.24) is 4.90 Å². The van der Waals surface area contributed by atoms with E-state index >= 15 is 0 Å². The molecule has 0 spiro atoms. The average Bonchev–Trinajstić information content (AvgIpc) is 2.35. The van der Waals surface area contributed by atoms with Crippen LogP contribution in [-0.2, 0) is 11.3 Å². The SMILES string of the molecule is CCN(Cc1ccccc1)C(=O)[C@@H](N)C(C)C. The second kappa shape index (κ2) is 6.40. The molecule has 0 saturated heterocycles. The highest BCUT2D eigenvalue weighted by molar-refractivity contribution is 5.81.